The third-order valence-corrected chi connectivity index (χ3v) is 3.15. The Kier molecular flexibility index (Phi) is 3.51. The molecule has 4 heteroatoms. The second kappa shape index (κ2) is 5.10. The molecule has 4 nitrogen and oxygen atoms in total. The van der Waals surface area contributed by atoms with Gasteiger partial charge in [0, 0.05) is 18.9 Å². The molecule has 0 saturated heterocycles. The van der Waals surface area contributed by atoms with Crippen LogP contribution >= 0.6 is 0 Å². The van der Waals surface area contributed by atoms with Crippen molar-refractivity contribution in [1.29, 1.82) is 0 Å². The van der Waals surface area contributed by atoms with E-state index in [9.17, 15) is 9.90 Å². The zero-order valence-corrected chi connectivity index (χ0v) is 11.2. The number of benzene rings is 1. The largest absolute Gasteiger partial charge is 0.478 e. The van der Waals surface area contributed by atoms with Crippen LogP contribution in [0.15, 0.2) is 36.5 Å². The number of carboxylic acids is 1. The Labute approximate surface area is 112 Å². The lowest BCUT2D eigenvalue weighted by Gasteiger charge is -2.22. The predicted molar refractivity (Wildman–Crippen MR) is 75.2 cm³/mol. The molecule has 0 unspecified atom stereocenters. The van der Waals surface area contributed by atoms with Gasteiger partial charge in [-0.1, -0.05) is 18.2 Å². The van der Waals surface area contributed by atoms with Crippen LogP contribution in [-0.4, -0.2) is 23.1 Å². The van der Waals surface area contributed by atoms with Crippen LogP contribution in [-0.2, 0) is 0 Å². The number of para-hydroxylation sites is 1. The number of anilines is 2. The molecular weight excluding hydrogens is 240 g/mol. The molecule has 0 amide bonds. The van der Waals surface area contributed by atoms with Gasteiger partial charge in [-0.25, -0.2) is 9.78 Å². The highest BCUT2D eigenvalue weighted by molar-refractivity contribution is 5.96. The normalized spacial score (nSPS) is 10.3. The molecule has 2 rings (SSSR count). The van der Waals surface area contributed by atoms with Gasteiger partial charge in [-0.15, -0.1) is 0 Å². The minimum absolute atomic E-state index is 0.244. The SMILES string of the molecule is Cc1ccccc1N(C)c1nccc(C)c1C(=O)O. The van der Waals surface area contributed by atoms with Crippen molar-refractivity contribution in [3.63, 3.8) is 0 Å². The van der Waals surface area contributed by atoms with Crippen LogP contribution in [0.5, 0.6) is 0 Å². The number of hydrogen-bond acceptors (Lipinski definition) is 3. The molecule has 0 bridgehead atoms. The minimum atomic E-state index is -0.957. The van der Waals surface area contributed by atoms with Gasteiger partial charge < -0.3 is 10.0 Å². The quantitative estimate of drug-likeness (QED) is 0.916. The van der Waals surface area contributed by atoms with Gasteiger partial charge >= 0.3 is 5.97 Å². The maximum atomic E-state index is 11.4. The Morgan fingerprint density at radius 1 is 1.16 bits per heavy atom. The van der Waals surface area contributed by atoms with Gasteiger partial charge in [-0.05, 0) is 37.1 Å². The Hall–Kier alpha value is -2.36. The van der Waals surface area contributed by atoms with E-state index < -0.39 is 5.97 Å². The zero-order chi connectivity index (χ0) is 14.0. The first-order valence-electron chi connectivity index (χ1n) is 6.00. The van der Waals surface area contributed by atoms with E-state index in [-0.39, 0.29) is 5.56 Å². The van der Waals surface area contributed by atoms with Crippen LogP contribution in [0.4, 0.5) is 11.5 Å². The van der Waals surface area contributed by atoms with Gasteiger partial charge in [0.05, 0.1) is 0 Å². The topological polar surface area (TPSA) is 53.4 Å². The summed E-state index contributed by atoms with van der Waals surface area (Å²) in [4.78, 5) is 17.4. The zero-order valence-electron chi connectivity index (χ0n) is 11.2. The van der Waals surface area contributed by atoms with E-state index in [2.05, 4.69) is 4.98 Å². The molecule has 0 spiro atoms. The van der Waals surface area contributed by atoms with Crippen molar-refractivity contribution in [2.24, 2.45) is 0 Å². The highest BCUT2D eigenvalue weighted by Crippen LogP contribution is 2.28. The molecular formula is C15H16N2O2. The fourth-order valence-electron chi connectivity index (χ4n) is 2.12. The molecule has 1 aromatic heterocycles. The van der Waals surface area contributed by atoms with Crippen molar-refractivity contribution in [3.05, 3.63) is 53.2 Å². The molecule has 1 heterocycles. The van der Waals surface area contributed by atoms with E-state index in [4.69, 9.17) is 0 Å². The van der Waals surface area contributed by atoms with Crippen LogP contribution in [0.1, 0.15) is 21.5 Å². The van der Waals surface area contributed by atoms with Gasteiger partial charge in [0.1, 0.15) is 11.4 Å². The minimum Gasteiger partial charge on any atom is -0.478 e. The molecule has 0 fully saturated rings. The lowest BCUT2D eigenvalue weighted by atomic mass is 10.1. The van der Waals surface area contributed by atoms with E-state index >= 15 is 0 Å². The van der Waals surface area contributed by atoms with E-state index in [1.807, 2.05) is 43.1 Å². The number of aromatic nitrogens is 1. The fourth-order valence-corrected chi connectivity index (χ4v) is 2.12. The second-order valence-corrected chi connectivity index (χ2v) is 4.48. The van der Waals surface area contributed by atoms with Gasteiger partial charge in [-0.2, -0.15) is 0 Å². The number of pyridine rings is 1. The predicted octanol–water partition coefficient (Wildman–Crippen LogP) is 3.16. The molecule has 0 aliphatic heterocycles. The fraction of sp³-hybridized carbons (Fsp3) is 0.200. The molecule has 98 valence electrons. The van der Waals surface area contributed by atoms with Crippen molar-refractivity contribution >= 4 is 17.5 Å². The Morgan fingerprint density at radius 2 is 1.84 bits per heavy atom. The van der Waals surface area contributed by atoms with Gasteiger partial charge in [0.2, 0.25) is 0 Å². The third kappa shape index (κ3) is 2.42. The highest BCUT2D eigenvalue weighted by atomic mass is 16.4. The van der Waals surface area contributed by atoms with Crippen LogP contribution < -0.4 is 4.90 Å². The van der Waals surface area contributed by atoms with Crippen molar-refractivity contribution in [2.75, 3.05) is 11.9 Å². The maximum absolute atomic E-state index is 11.4. The Balaban J connectivity index is 2.57. The summed E-state index contributed by atoms with van der Waals surface area (Å²) in [6.45, 7) is 3.77. The average molecular weight is 256 g/mol. The number of carbonyl (C=O) groups is 1. The van der Waals surface area contributed by atoms with E-state index in [0.717, 1.165) is 11.3 Å². The number of rotatable bonds is 3. The molecule has 19 heavy (non-hydrogen) atoms. The second-order valence-electron chi connectivity index (χ2n) is 4.48. The summed E-state index contributed by atoms with van der Waals surface area (Å²) in [7, 11) is 1.83. The maximum Gasteiger partial charge on any atom is 0.339 e. The molecule has 0 radical (unpaired) electrons. The van der Waals surface area contributed by atoms with Crippen LogP contribution in [0.2, 0.25) is 0 Å². The van der Waals surface area contributed by atoms with Gasteiger partial charge in [0.15, 0.2) is 0 Å². The first kappa shape index (κ1) is 13.1. The average Bonchev–Trinajstić information content (AvgIpc) is 2.37. The first-order valence-corrected chi connectivity index (χ1v) is 6.00. The van der Waals surface area contributed by atoms with Gasteiger partial charge in [-0.3, -0.25) is 0 Å². The monoisotopic (exact) mass is 256 g/mol. The number of hydrogen-bond donors (Lipinski definition) is 1. The summed E-state index contributed by atoms with van der Waals surface area (Å²) >= 11 is 0. The van der Waals surface area contributed by atoms with Crippen molar-refractivity contribution in [3.8, 4) is 0 Å². The summed E-state index contributed by atoms with van der Waals surface area (Å²) in [6.07, 6.45) is 1.63. The van der Waals surface area contributed by atoms with E-state index in [0.29, 0.717) is 11.4 Å². The molecule has 0 aliphatic rings. The molecule has 0 atom stereocenters. The Bertz CT molecular complexity index is 623. The summed E-state index contributed by atoms with van der Waals surface area (Å²) in [5.41, 5.74) is 2.97. The summed E-state index contributed by atoms with van der Waals surface area (Å²) in [6, 6.07) is 9.52. The number of aryl methyl sites for hydroxylation is 2. The molecule has 0 aliphatic carbocycles. The van der Waals surface area contributed by atoms with Crippen LogP contribution in [0.3, 0.4) is 0 Å². The van der Waals surface area contributed by atoms with Gasteiger partial charge in [0.25, 0.3) is 0 Å². The number of aromatic carboxylic acids is 1. The summed E-state index contributed by atoms with van der Waals surface area (Å²) in [5.74, 6) is -0.497. The molecule has 1 aromatic carbocycles. The third-order valence-electron chi connectivity index (χ3n) is 3.15. The molecule has 0 saturated carbocycles. The number of nitrogens with zero attached hydrogens (tertiary/aromatic N) is 2. The van der Waals surface area contributed by atoms with Crippen molar-refractivity contribution in [2.45, 2.75) is 13.8 Å². The highest BCUT2D eigenvalue weighted by Gasteiger charge is 2.19. The summed E-state index contributed by atoms with van der Waals surface area (Å²) in [5, 5.41) is 9.34. The van der Waals surface area contributed by atoms with Crippen molar-refractivity contribution in [1.82, 2.24) is 4.98 Å². The smallest absolute Gasteiger partial charge is 0.339 e. The molecule has 1 N–H and O–H groups in total. The first-order chi connectivity index (χ1) is 9.02. The van der Waals surface area contributed by atoms with Crippen molar-refractivity contribution < 1.29 is 9.90 Å². The van der Waals surface area contributed by atoms with E-state index in [1.165, 1.54) is 0 Å². The lowest BCUT2D eigenvalue weighted by Crippen LogP contribution is -2.17. The lowest BCUT2D eigenvalue weighted by molar-refractivity contribution is 0.0696. The molecule has 2 aromatic rings. The van der Waals surface area contributed by atoms with Crippen LogP contribution in [0.25, 0.3) is 0 Å². The van der Waals surface area contributed by atoms with Crippen LogP contribution in [0, 0.1) is 13.8 Å². The summed E-state index contributed by atoms with van der Waals surface area (Å²) < 4.78 is 0. The van der Waals surface area contributed by atoms with E-state index in [1.54, 1.807) is 19.2 Å². The Morgan fingerprint density at radius 3 is 2.47 bits per heavy atom. The number of carboxylic acid groups (broad SMARTS) is 1. The standard InChI is InChI=1S/C15H16N2O2/c1-10-6-4-5-7-12(10)17(3)14-13(15(18)19)11(2)8-9-16-14/h4-9H,1-3H3,(H,18,19).